The van der Waals surface area contributed by atoms with Gasteiger partial charge in [0.25, 0.3) is 11.5 Å². The lowest BCUT2D eigenvalue weighted by Gasteiger charge is -2.26. The van der Waals surface area contributed by atoms with Crippen molar-refractivity contribution in [2.75, 3.05) is 13.1 Å². The van der Waals surface area contributed by atoms with Crippen molar-refractivity contribution in [3.05, 3.63) is 75.2 Å². The number of aromatic nitrogens is 2. The standard InChI is InChI=1S/C25H24N4O3/c1-17-8-10-20(11-9-17)32-23-21(25(31)29-14-6-7-18(2)22(29)27-23)15-19(16-26)24(30)28-12-4-3-5-13-28/h6-11,14-15H,3-5,12-13H2,1-2H3. The van der Waals surface area contributed by atoms with Crippen LogP contribution >= 0.6 is 0 Å². The summed E-state index contributed by atoms with van der Waals surface area (Å²) in [6.07, 6.45) is 5.81. The van der Waals surface area contributed by atoms with Gasteiger partial charge in [-0.05, 0) is 62.9 Å². The molecular weight excluding hydrogens is 404 g/mol. The van der Waals surface area contributed by atoms with E-state index in [2.05, 4.69) is 4.98 Å². The number of carbonyl (C=O) groups excluding carboxylic acids is 1. The lowest BCUT2D eigenvalue weighted by molar-refractivity contribution is -0.127. The molecule has 0 bridgehead atoms. The minimum Gasteiger partial charge on any atom is -0.438 e. The van der Waals surface area contributed by atoms with Crippen LogP contribution in [0.2, 0.25) is 0 Å². The van der Waals surface area contributed by atoms with Crippen LogP contribution in [0.15, 0.2) is 53.0 Å². The van der Waals surface area contributed by atoms with Crippen LogP contribution in [0, 0.1) is 25.2 Å². The molecule has 3 heterocycles. The number of carbonyl (C=O) groups is 1. The number of aryl methyl sites for hydroxylation is 2. The summed E-state index contributed by atoms with van der Waals surface area (Å²) in [6, 6.07) is 12.9. The van der Waals surface area contributed by atoms with E-state index < -0.39 is 5.56 Å². The first-order valence-corrected chi connectivity index (χ1v) is 10.7. The number of pyridine rings is 1. The first kappa shape index (κ1) is 21.3. The Morgan fingerprint density at radius 2 is 1.84 bits per heavy atom. The Morgan fingerprint density at radius 1 is 1.12 bits per heavy atom. The lowest BCUT2D eigenvalue weighted by Crippen LogP contribution is -2.36. The predicted molar refractivity (Wildman–Crippen MR) is 121 cm³/mol. The third-order valence-corrected chi connectivity index (χ3v) is 5.57. The fourth-order valence-corrected chi connectivity index (χ4v) is 3.76. The predicted octanol–water partition coefficient (Wildman–Crippen LogP) is 4.02. The Labute approximate surface area is 186 Å². The maximum atomic E-state index is 13.4. The Morgan fingerprint density at radius 3 is 2.53 bits per heavy atom. The maximum absolute atomic E-state index is 13.4. The third-order valence-electron chi connectivity index (χ3n) is 5.57. The summed E-state index contributed by atoms with van der Waals surface area (Å²) in [6.45, 7) is 5.04. The molecule has 1 aliphatic rings. The van der Waals surface area contributed by atoms with Crippen LogP contribution in [-0.2, 0) is 4.79 Å². The monoisotopic (exact) mass is 428 g/mol. The Kier molecular flexibility index (Phi) is 6.04. The van der Waals surface area contributed by atoms with Crippen LogP contribution in [0.3, 0.4) is 0 Å². The molecule has 4 rings (SSSR count). The van der Waals surface area contributed by atoms with Crippen LogP contribution in [-0.4, -0.2) is 33.3 Å². The molecule has 32 heavy (non-hydrogen) atoms. The molecule has 0 atom stereocenters. The second-order valence-electron chi connectivity index (χ2n) is 7.96. The number of amides is 1. The average Bonchev–Trinajstić information content (AvgIpc) is 2.81. The summed E-state index contributed by atoms with van der Waals surface area (Å²) >= 11 is 0. The van der Waals surface area contributed by atoms with Crippen molar-refractivity contribution in [1.29, 1.82) is 5.26 Å². The molecule has 0 unspecified atom stereocenters. The van der Waals surface area contributed by atoms with Gasteiger partial charge in [-0.1, -0.05) is 23.8 Å². The van der Waals surface area contributed by atoms with E-state index in [1.807, 2.05) is 38.1 Å². The van der Waals surface area contributed by atoms with E-state index in [9.17, 15) is 14.9 Å². The largest absolute Gasteiger partial charge is 0.438 e. The molecule has 1 aliphatic heterocycles. The molecule has 7 heteroatoms. The summed E-state index contributed by atoms with van der Waals surface area (Å²) in [5.74, 6) is 0.200. The van der Waals surface area contributed by atoms with Crippen molar-refractivity contribution in [2.24, 2.45) is 0 Å². The van der Waals surface area contributed by atoms with Gasteiger partial charge in [0.15, 0.2) is 0 Å². The van der Waals surface area contributed by atoms with E-state index in [0.717, 1.165) is 30.4 Å². The number of hydrogen-bond acceptors (Lipinski definition) is 5. The van der Waals surface area contributed by atoms with Crippen LogP contribution < -0.4 is 10.3 Å². The molecule has 162 valence electrons. The van der Waals surface area contributed by atoms with Crippen molar-refractivity contribution in [1.82, 2.24) is 14.3 Å². The van der Waals surface area contributed by atoms with Crippen molar-refractivity contribution in [3.63, 3.8) is 0 Å². The summed E-state index contributed by atoms with van der Waals surface area (Å²) in [5.41, 5.74) is 1.89. The Bertz CT molecular complexity index is 1290. The van der Waals surface area contributed by atoms with E-state index in [0.29, 0.717) is 24.5 Å². The molecule has 0 spiro atoms. The fourth-order valence-electron chi connectivity index (χ4n) is 3.76. The van der Waals surface area contributed by atoms with Crippen LogP contribution in [0.5, 0.6) is 11.6 Å². The molecule has 1 aromatic carbocycles. The van der Waals surface area contributed by atoms with E-state index in [1.165, 1.54) is 10.5 Å². The Hall–Kier alpha value is -3.92. The van der Waals surface area contributed by atoms with Crippen LogP contribution in [0.1, 0.15) is 36.0 Å². The van der Waals surface area contributed by atoms with Gasteiger partial charge in [0.05, 0.1) is 0 Å². The molecule has 0 aliphatic carbocycles. The highest BCUT2D eigenvalue weighted by Gasteiger charge is 2.23. The quantitative estimate of drug-likeness (QED) is 0.463. The van der Waals surface area contributed by atoms with Crippen LogP contribution in [0.25, 0.3) is 11.7 Å². The molecule has 0 saturated carbocycles. The van der Waals surface area contributed by atoms with Gasteiger partial charge in [0, 0.05) is 19.3 Å². The zero-order valence-electron chi connectivity index (χ0n) is 18.2. The van der Waals surface area contributed by atoms with Gasteiger partial charge in [-0.15, -0.1) is 0 Å². The molecule has 7 nitrogen and oxygen atoms in total. The topological polar surface area (TPSA) is 87.7 Å². The Balaban J connectivity index is 1.85. The van der Waals surface area contributed by atoms with Crippen molar-refractivity contribution < 1.29 is 9.53 Å². The number of ether oxygens (including phenoxy) is 1. The highest BCUT2D eigenvalue weighted by atomic mass is 16.5. The van der Waals surface area contributed by atoms with Crippen molar-refractivity contribution in [2.45, 2.75) is 33.1 Å². The molecule has 3 aromatic rings. The number of piperidine rings is 1. The summed E-state index contributed by atoms with van der Waals surface area (Å²) in [5, 5.41) is 9.71. The molecule has 1 fully saturated rings. The van der Waals surface area contributed by atoms with E-state index in [4.69, 9.17) is 4.74 Å². The fraction of sp³-hybridized carbons (Fsp3) is 0.280. The summed E-state index contributed by atoms with van der Waals surface area (Å²) in [4.78, 5) is 32.5. The second kappa shape index (κ2) is 9.06. The van der Waals surface area contributed by atoms with Gasteiger partial charge < -0.3 is 9.64 Å². The maximum Gasteiger partial charge on any atom is 0.269 e. The molecule has 1 amide bonds. The van der Waals surface area contributed by atoms with Gasteiger partial charge in [0.1, 0.15) is 28.6 Å². The zero-order valence-corrected chi connectivity index (χ0v) is 18.2. The van der Waals surface area contributed by atoms with Crippen molar-refractivity contribution in [3.8, 4) is 17.7 Å². The smallest absolute Gasteiger partial charge is 0.269 e. The summed E-state index contributed by atoms with van der Waals surface area (Å²) < 4.78 is 7.38. The van der Waals surface area contributed by atoms with Gasteiger partial charge in [-0.3, -0.25) is 14.0 Å². The number of rotatable bonds is 4. The third kappa shape index (κ3) is 4.26. The number of fused-ring (bicyclic) bond motifs is 1. The number of nitriles is 1. The number of hydrogen-bond donors (Lipinski definition) is 0. The number of benzene rings is 1. The van der Waals surface area contributed by atoms with Gasteiger partial charge in [-0.2, -0.15) is 10.2 Å². The molecular formula is C25H24N4O3. The minimum absolute atomic E-state index is 0.0624. The second-order valence-corrected chi connectivity index (χ2v) is 7.96. The first-order valence-electron chi connectivity index (χ1n) is 10.7. The average molecular weight is 428 g/mol. The van der Waals surface area contributed by atoms with E-state index >= 15 is 0 Å². The van der Waals surface area contributed by atoms with E-state index in [-0.39, 0.29) is 22.9 Å². The summed E-state index contributed by atoms with van der Waals surface area (Å²) in [7, 11) is 0. The van der Waals surface area contributed by atoms with Gasteiger partial charge >= 0.3 is 0 Å². The SMILES string of the molecule is Cc1ccc(Oc2nc3c(C)cccn3c(=O)c2C=C(C#N)C(=O)N2CCCCC2)cc1. The van der Waals surface area contributed by atoms with Gasteiger partial charge in [0.2, 0.25) is 5.88 Å². The molecule has 0 N–H and O–H groups in total. The number of nitrogens with zero attached hydrogens (tertiary/aromatic N) is 4. The highest BCUT2D eigenvalue weighted by Crippen LogP contribution is 2.25. The van der Waals surface area contributed by atoms with E-state index in [1.54, 1.807) is 29.3 Å². The minimum atomic E-state index is -0.403. The van der Waals surface area contributed by atoms with Crippen LogP contribution in [0.4, 0.5) is 0 Å². The molecule has 2 aromatic heterocycles. The molecule has 1 saturated heterocycles. The number of likely N-dealkylation sites (tertiary alicyclic amines) is 1. The lowest BCUT2D eigenvalue weighted by atomic mass is 10.1. The van der Waals surface area contributed by atoms with Crippen molar-refractivity contribution >= 4 is 17.6 Å². The highest BCUT2D eigenvalue weighted by molar-refractivity contribution is 6.02. The van der Waals surface area contributed by atoms with Gasteiger partial charge in [-0.25, -0.2) is 0 Å². The normalized spacial score (nSPS) is 14.3. The first-order chi connectivity index (χ1) is 15.5. The zero-order chi connectivity index (χ0) is 22.7. The molecule has 0 radical (unpaired) electrons.